The quantitative estimate of drug-likeness (QED) is 0.289. The first-order chi connectivity index (χ1) is 17.3. The molecule has 5 N–H and O–H groups in total. The number of carbonyl (C=O) groups excluding carboxylic acids is 2. The van der Waals surface area contributed by atoms with Crippen LogP contribution in [0.4, 0.5) is 0 Å². The monoisotopic (exact) mass is 547 g/mol. The topological polar surface area (TPSA) is 158 Å². The number of nitrogens with zero attached hydrogens (tertiary/aromatic N) is 1. The van der Waals surface area contributed by atoms with Crippen molar-refractivity contribution in [3.05, 3.63) is 91.2 Å². The van der Waals surface area contributed by atoms with Crippen LogP contribution in [0, 0.1) is 0 Å². The molecule has 194 valence electrons. The highest BCUT2D eigenvalue weighted by molar-refractivity contribution is 6.31. The minimum absolute atomic E-state index is 0.244. The zero-order valence-electron chi connectivity index (χ0n) is 19.7. The molecule has 3 rings (SSSR count). The van der Waals surface area contributed by atoms with Gasteiger partial charge in [0, 0.05) is 10.0 Å². The molecule has 0 saturated heterocycles. The third-order valence-corrected chi connectivity index (χ3v) is 6.17. The van der Waals surface area contributed by atoms with Crippen molar-refractivity contribution < 1.29 is 29.7 Å². The number of rotatable bonds is 8. The van der Waals surface area contributed by atoms with E-state index in [-0.39, 0.29) is 11.6 Å². The van der Waals surface area contributed by atoms with Gasteiger partial charge in [0.2, 0.25) is 5.88 Å². The molecule has 0 aliphatic heterocycles. The van der Waals surface area contributed by atoms with Gasteiger partial charge < -0.3 is 26.0 Å². The van der Waals surface area contributed by atoms with Gasteiger partial charge in [0.1, 0.15) is 17.7 Å². The predicted octanol–water partition coefficient (Wildman–Crippen LogP) is 3.09. The average Bonchev–Trinajstić information content (AvgIpc) is 2.81. The number of hydrogen-bond acceptors (Lipinski definition) is 6. The SMILES string of the molecule is CC(C)(NC(=O)c1c(O)c(C(=O)NCC(=O)O)c(O)n(Cc2ccccc2Cl)c1=O)c1ccc(Cl)cc1. The Labute approximate surface area is 221 Å². The van der Waals surface area contributed by atoms with Gasteiger partial charge >= 0.3 is 5.97 Å². The zero-order valence-corrected chi connectivity index (χ0v) is 21.2. The molecule has 3 aromatic rings. The van der Waals surface area contributed by atoms with Gasteiger partial charge in [-0.2, -0.15) is 0 Å². The molecule has 0 fully saturated rings. The Kier molecular flexibility index (Phi) is 8.15. The van der Waals surface area contributed by atoms with Crippen LogP contribution in [-0.4, -0.2) is 44.2 Å². The summed E-state index contributed by atoms with van der Waals surface area (Å²) in [6, 6.07) is 12.9. The molecule has 2 aromatic carbocycles. The van der Waals surface area contributed by atoms with E-state index in [0.717, 1.165) is 0 Å². The third kappa shape index (κ3) is 6.04. The molecule has 0 unspecified atom stereocenters. The van der Waals surface area contributed by atoms with Gasteiger partial charge in [-0.15, -0.1) is 0 Å². The molecule has 1 aromatic heterocycles. The Morgan fingerprint density at radius 2 is 1.57 bits per heavy atom. The van der Waals surface area contributed by atoms with Gasteiger partial charge in [0.05, 0.1) is 12.1 Å². The van der Waals surface area contributed by atoms with Crippen LogP contribution >= 0.6 is 23.2 Å². The summed E-state index contributed by atoms with van der Waals surface area (Å²) in [5, 5.41) is 35.9. The van der Waals surface area contributed by atoms with Crippen LogP contribution in [0.1, 0.15) is 45.7 Å². The van der Waals surface area contributed by atoms with Crippen LogP contribution < -0.4 is 16.2 Å². The van der Waals surface area contributed by atoms with E-state index in [1.807, 2.05) is 5.32 Å². The van der Waals surface area contributed by atoms with E-state index in [0.29, 0.717) is 20.7 Å². The number of benzene rings is 2. The maximum Gasteiger partial charge on any atom is 0.322 e. The summed E-state index contributed by atoms with van der Waals surface area (Å²) >= 11 is 12.1. The van der Waals surface area contributed by atoms with Gasteiger partial charge in [0.25, 0.3) is 17.4 Å². The summed E-state index contributed by atoms with van der Waals surface area (Å²) in [6.07, 6.45) is 0. The van der Waals surface area contributed by atoms with Crippen molar-refractivity contribution in [3.8, 4) is 11.6 Å². The van der Waals surface area contributed by atoms with Gasteiger partial charge in [-0.1, -0.05) is 53.5 Å². The van der Waals surface area contributed by atoms with Crippen LogP contribution in [-0.2, 0) is 16.9 Å². The number of carboxylic acid groups (broad SMARTS) is 1. The standard InChI is InChI=1S/C25H23Cl2N3O7/c1-25(2,14-7-9-15(26)10-8-14)29-22(35)19-20(33)18(21(34)28-11-17(31)32)23(36)30(24(19)37)12-13-5-3-4-6-16(13)27/h3-10,33,36H,11-12H2,1-2H3,(H,28,34)(H,29,35)(H,31,32). The average molecular weight is 548 g/mol. The number of halogens is 2. The van der Waals surface area contributed by atoms with Crippen molar-refractivity contribution in [2.75, 3.05) is 6.54 Å². The Hall–Kier alpha value is -4.02. The van der Waals surface area contributed by atoms with Crippen molar-refractivity contribution in [2.24, 2.45) is 0 Å². The second-order valence-corrected chi connectivity index (χ2v) is 9.41. The van der Waals surface area contributed by atoms with E-state index in [1.165, 1.54) is 0 Å². The highest BCUT2D eigenvalue weighted by Crippen LogP contribution is 2.31. The maximum atomic E-state index is 13.4. The lowest BCUT2D eigenvalue weighted by Gasteiger charge is -2.27. The molecule has 0 atom stereocenters. The minimum Gasteiger partial charge on any atom is -0.506 e. The summed E-state index contributed by atoms with van der Waals surface area (Å²) in [6.45, 7) is 2.10. The van der Waals surface area contributed by atoms with Gasteiger partial charge in [-0.25, -0.2) is 0 Å². The molecule has 0 aliphatic rings. The number of hydrogen-bond donors (Lipinski definition) is 5. The number of aromatic nitrogens is 1. The fourth-order valence-corrected chi connectivity index (χ4v) is 3.91. The fraction of sp³-hybridized carbons (Fsp3) is 0.200. The van der Waals surface area contributed by atoms with Crippen LogP contribution in [0.2, 0.25) is 10.0 Å². The number of nitrogens with one attached hydrogen (secondary N) is 2. The smallest absolute Gasteiger partial charge is 0.322 e. The summed E-state index contributed by atoms with van der Waals surface area (Å²) in [4.78, 5) is 50.3. The molecule has 12 heteroatoms. The molecule has 0 spiro atoms. The number of pyridine rings is 1. The second kappa shape index (κ2) is 10.9. The molecule has 0 radical (unpaired) electrons. The number of aromatic hydroxyl groups is 2. The number of carbonyl (C=O) groups is 3. The first kappa shape index (κ1) is 27.6. The Morgan fingerprint density at radius 3 is 2.16 bits per heavy atom. The van der Waals surface area contributed by atoms with Crippen molar-refractivity contribution in [1.82, 2.24) is 15.2 Å². The fourth-order valence-electron chi connectivity index (χ4n) is 3.59. The third-order valence-electron chi connectivity index (χ3n) is 5.54. The maximum absolute atomic E-state index is 13.4. The van der Waals surface area contributed by atoms with Crippen molar-refractivity contribution in [2.45, 2.75) is 25.9 Å². The van der Waals surface area contributed by atoms with Crippen LogP contribution in [0.5, 0.6) is 11.6 Å². The van der Waals surface area contributed by atoms with E-state index in [9.17, 15) is 29.4 Å². The van der Waals surface area contributed by atoms with E-state index in [1.54, 1.807) is 62.4 Å². The molecular formula is C25H23Cl2N3O7. The van der Waals surface area contributed by atoms with Crippen molar-refractivity contribution in [1.29, 1.82) is 0 Å². The van der Waals surface area contributed by atoms with E-state index < -0.39 is 58.2 Å². The molecule has 2 amide bonds. The number of carboxylic acids is 1. The van der Waals surface area contributed by atoms with Gasteiger partial charge in [-0.3, -0.25) is 23.7 Å². The van der Waals surface area contributed by atoms with Crippen LogP contribution in [0.25, 0.3) is 0 Å². The number of aliphatic carboxylic acids is 1. The predicted molar refractivity (Wildman–Crippen MR) is 136 cm³/mol. The van der Waals surface area contributed by atoms with Crippen LogP contribution in [0.3, 0.4) is 0 Å². The highest BCUT2D eigenvalue weighted by Gasteiger charge is 2.33. The molecule has 0 bridgehead atoms. The Balaban J connectivity index is 2.15. The van der Waals surface area contributed by atoms with Crippen molar-refractivity contribution >= 4 is 41.0 Å². The van der Waals surface area contributed by atoms with Gasteiger partial charge in [-0.05, 0) is 43.2 Å². The lowest BCUT2D eigenvalue weighted by Crippen LogP contribution is -2.44. The molecule has 0 aliphatic carbocycles. The molecule has 0 saturated carbocycles. The summed E-state index contributed by atoms with van der Waals surface area (Å²) < 4.78 is 0.695. The molecule has 10 nitrogen and oxygen atoms in total. The first-order valence-electron chi connectivity index (χ1n) is 10.8. The van der Waals surface area contributed by atoms with E-state index in [4.69, 9.17) is 28.3 Å². The highest BCUT2D eigenvalue weighted by atomic mass is 35.5. The van der Waals surface area contributed by atoms with E-state index >= 15 is 0 Å². The molecule has 37 heavy (non-hydrogen) atoms. The Bertz CT molecular complexity index is 1430. The Morgan fingerprint density at radius 1 is 0.946 bits per heavy atom. The summed E-state index contributed by atoms with van der Waals surface area (Å²) in [5.41, 5.74) is -2.84. The molecule has 1 heterocycles. The lowest BCUT2D eigenvalue weighted by atomic mass is 9.93. The minimum atomic E-state index is -1.39. The largest absolute Gasteiger partial charge is 0.506 e. The van der Waals surface area contributed by atoms with Gasteiger partial charge in [0.15, 0.2) is 5.75 Å². The first-order valence-corrected chi connectivity index (χ1v) is 11.6. The lowest BCUT2D eigenvalue weighted by molar-refractivity contribution is -0.135. The van der Waals surface area contributed by atoms with Crippen LogP contribution in [0.15, 0.2) is 53.3 Å². The van der Waals surface area contributed by atoms with E-state index in [2.05, 4.69) is 5.32 Å². The van der Waals surface area contributed by atoms with Crippen molar-refractivity contribution in [3.63, 3.8) is 0 Å². The zero-order chi connectivity index (χ0) is 27.5. The molecular weight excluding hydrogens is 525 g/mol. The second-order valence-electron chi connectivity index (χ2n) is 8.57. The normalized spacial score (nSPS) is 11.1. The summed E-state index contributed by atoms with van der Waals surface area (Å²) in [5.74, 6) is -5.72. The summed E-state index contributed by atoms with van der Waals surface area (Å²) in [7, 11) is 0. The number of amides is 2.